The molecule has 62 valence electrons. The summed E-state index contributed by atoms with van der Waals surface area (Å²) in [6.07, 6.45) is 6.08. The first-order valence-corrected chi connectivity index (χ1v) is 4.44. The minimum absolute atomic E-state index is 0.396. The molecule has 0 saturated carbocycles. The number of allylic oxidation sites excluding steroid dienone is 1. The summed E-state index contributed by atoms with van der Waals surface area (Å²) in [6.45, 7) is 0. The predicted octanol–water partition coefficient (Wildman–Crippen LogP) is 2.64. The highest BCUT2D eigenvalue weighted by molar-refractivity contribution is 7.80. The van der Waals surface area contributed by atoms with Crippen molar-refractivity contribution >= 4 is 18.7 Å². The summed E-state index contributed by atoms with van der Waals surface area (Å²) >= 11 is 4.32. The topological polar surface area (TPSA) is 20.2 Å². The third-order valence-corrected chi connectivity index (χ3v) is 2.54. The first kappa shape index (κ1) is 7.74. The zero-order valence-corrected chi connectivity index (χ0v) is 7.51. The monoisotopic (exact) mass is 178 g/mol. The maximum Gasteiger partial charge on any atom is 0.119 e. The summed E-state index contributed by atoms with van der Waals surface area (Å²) in [4.78, 5) is 0.943. The average molecular weight is 178 g/mol. The maximum atomic E-state index is 9.51. The molecule has 0 aliphatic heterocycles. The molecule has 12 heavy (non-hydrogen) atoms. The van der Waals surface area contributed by atoms with Crippen LogP contribution in [0.4, 0.5) is 0 Å². The molecular formula is C10H10OS. The van der Waals surface area contributed by atoms with Crippen LogP contribution < -0.4 is 0 Å². The van der Waals surface area contributed by atoms with Gasteiger partial charge < -0.3 is 5.11 Å². The molecule has 2 rings (SSSR count). The highest BCUT2D eigenvalue weighted by Crippen LogP contribution is 2.31. The Kier molecular flexibility index (Phi) is 1.85. The van der Waals surface area contributed by atoms with Gasteiger partial charge in [-0.1, -0.05) is 12.2 Å². The van der Waals surface area contributed by atoms with E-state index in [0.29, 0.717) is 5.75 Å². The molecule has 0 spiro atoms. The van der Waals surface area contributed by atoms with E-state index in [0.717, 1.165) is 28.9 Å². The Balaban J connectivity index is 2.67. The Hall–Kier alpha value is -0.890. The van der Waals surface area contributed by atoms with Gasteiger partial charge in [0, 0.05) is 10.5 Å². The number of hydrogen-bond acceptors (Lipinski definition) is 2. The van der Waals surface area contributed by atoms with E-state index in [-0.39, 0.29) is 0 Å². The van der Waals surface area contributed by atoms with Crippen LogP contribution in [0.2, 0.25) is 0 Å². The van der Waals surface area contributed by atoms with Crippen molar-refractivity contribution in [2.45, 2.75) is 17.7 Å². The fraction of sp³-hybridized carbons (Fsp3) is 0.200. The van der Waals surface area contributed by atoms with Gasteiger partial charge in [-0.2, -0.15) is 0 Å². The van der Waals surface area contributed by atoms with E-state index in [1.807, 2.05) is 12.1 Å². The lowest BCUT2D eigenvalue weighted by Crippen LogP contribution is -1.95. The predicted molar refractivity (Wildman–Crippen MR) is 52.7 cm³/mol. The van der Waals surface area contributed by atoms with Crippen molar-refractivity contribution in [3.05, 3.63) is 29.3 Å². The van der Waals surface area contributed by atoms with Crippen LogP contribution in [0.25, 0.3) is 6.08 Å². The Morgan fingerprint density at radius 2 is 2.17 bits per heavy atom. The Morgan fingerprint density at radius 1 is 1.33 bits per heavy atom. The largest absolute Gasteiger partial charge is 0.508 e. The van der Waals surface area contributed by atoms with Crippen LogP contribution >= 0.6 is 12.6 Å². The normalized spacial score (nSPS) is 14.4. The smallest absolute Gasteiger partial charge is 0.119 e. The van der Waals surface area contributed by atoms with Gasteiger partial charge >= 0.3 is 0 Å². The lowest BCUT2D eigenvalue weighted by molar-refractivity contribution is 0.467. The number of benzene rings is 1. The molecule has 0 atom stereocenters. The molecule has 0 saturated heterocycles. The van der Waals surface area contributed by atoms with Crippen LogP contribution in [0.15, 0.2) is 23.1 Å². The molecule has 1 N–H and O–H groups in total. The van der Waals surface area contributed by atoms with Crippen LogP contribution in [0, 0.1) is 0 Å². The number of rotatable bonds is 0. The first-order valence-electron chi connectivity index (χ1n) is 3.99. The summed E-state index contributed by atoms with van der Waals surface area (Å²) in [5.41, 5.74) is 2.11. The molecule has 0 bridgehead atoms. The van der Waals surface area contributed by atoms with Crippen molar-refractivity contribution in [3.63, 3.8) is 0 Å². The van der Waals surface area contributed by atoms with Gasteiger partial charge in [-0.3, -0.25) is 0 Å². The SMILES string of the molecule is Oc1ccc(S)c2c1CCC=C2. The molecule has 0 aromatic heterocycles. The molecule has 0 fully saturated rings. The molecule has 1 aromatic carbocycles. The van der Waals surface area contributed by atoms with Crippen LogP contribution in [0.3, 0.4) is 0 Å². The van der Waals surface area contributed by atoms with Crippen molar-refractivity contribution in [2.75, 3.05) is 0 Å². The summed E-state index contributed by atoms with van der Waals surface area (Å²) in [5.74, 6) is 0.396. The van der Waals surface area contributed by atoms with Gasteiger partial charge in [-0.15, -0.1) is 12.6 Å². The zero-order valence-electron chi connectivity index (χ0n) is 6.62. The first-order chi connectivity index (χ1) is 5.79. The summed E-state index contributed by atoms with van der Waals surface area (Å²) in [5, 5.41) is 9.51. The van der Waals surface area contributed by atoms with Crippen molar-refractivity contribution in [3.8, 4) is 5.75 Å². The number of hydrogen-bond donors (Lipinski definition) is 2. The number of fused-ring (bicyclic) bond motifs is 1. The van der Waals surface area contributed by atoms with Gasteiger partial charge in [0.25, 0.3) is 0 Å². The van der Waals surface area contributed by atoms with Crippen LogP contribution in [0.1, 0.15) is 17.5 Å². The summed E-state index contributed by atoms with van der Waals surface area (Å²) in [6, 6.07) is 3.53. The van der Waals surface area contributed by atoms with E-state index in [1.54, 1.807) is 6.07 Å². The standard InChI is InChI=1S/C10H10OS/c11-9-5-6-10(12)8-4-2-1-3-7(8)9/h2,4-6,11-12H,1,3H2. The Morgan fingerprint density at radius 3 is 2.92 bits per heavy atom. The second-order valence-corrected chi connectivity index (χ2v) is 3.42. The van der Waals surface area contributed by atoms with Gasteiger partial charge in [0.2, 0.25) is 0 Å². The molecule has 0 unspecified atom stereocenters. The van der Waals surface area contributed by atoms with E-state index >= 15 is 0 Å². The number of aromatic hydroxyl groups is 1. The third kappa shape index (κ3) is 1.12. The quantitative estimate of drug-likeness (QED) is 0.585. The number of thiol groups is 1. The van der Waals surface area contributed by atoms with Crippen LogP contribution in [-0.4, -0.2) is 5.11 Å². The van der Waals surface area contributed by atoms with Crippen molar-refractivity contribution in [2.24, 2.45) is 0 Å². The van der Waals surface area contributed by atoms with E-state index in [9.17, 15) is 5.11 Å². The van der Waals surface area contributed by atoms with E-state index < -0.39 is 0 Å². The molecule has 2 heteroatoms. The lowest BCUT2D eigenvalue weighted by atomic mass is 9.96. The van der Waals surface area contributed by atoms with E-state index in [4.69, 9.17) is 0 Å². The summed E-state index contributed by atoms with van der Waals surface area (Å²) in [7, 11) is 0. The van der Waals surface area contributed by atoms with Gasteiger partial charge in [-0.05, 0) is 30.5 Å². The second-order valence-electron chi connectivity index (χ2n) is 2.94. The lowest BCUT2D eigenvalue weighted by Gasteiger charge is -2.13. The second kappa shape index (κ2) is 2.87. The van der Waals surface area contributed by atoms with Crippen molar-refractivity contribution in [1.29, 1.82) is 0 Å². The molecular weight excluding hydrogens is 168 g/mol. The van der Waals surface area contributed by atoms with Gasteiger partial charge in [-0.25, -0.2) is 0 Å². The van der Waals surface area contributed by atoms with Gasteiger partial charge in [0.05, 0.1) is 0 Å². The molecule has 1 aromatic rings. The highest BCUT2D eigenvalue weighted by atomic mass is 32.1. The Bertz CT molecular complexity index is 342. The zero-order chi connectivity index (χ0) is 8.55. The van der Waals surface area contributed by atoms with Gasteiger partial charge in [0.15, 0.2) is 0 Å². The fourth-order valence-corrected chi connectivity index (χ4v) is 1.80. The fourth-order valence-electron chi connectivity index (χ4n) is 1.52. The molecule has 0 amide bonds. The summed E-state index contributed by atoms with van der Waals surface area (Å²) < 4.78 is 0. The average Bonchev–Trinajstić information content (AvgIpc) is 2.12. The Labute approximate surface area is 77.1 Å². The van der Waals surface area contributed by atoms with Crippen LogP contribution in [0.5, 0.6) is 5.75 Å². The number of phenols is 1. The molecule has 1 nitrogen and oxygen atoms in total. The van der Waals surface area contributed by atoms with E-state index in [1.165, 1.54) is 0 Å². The minimum Gasteiger partial charge on any atom is -0.508 e. The highest BCUT2D eigenvalue weighted by Gasteiger charge is 2.10. The van der Waals surface area contributed by atoms with Crippen LogP contribution in [-0.2, 0) is 6.42 Å². The van der Waals surface area contributed by atoms with Crippen molar-refractivity contribution < 1.29 is 5.11 Å². The minimum atomic E-state index is 0.396. The molecule has 0 heterocycles. The van der Waals surface area contributed by atoms with Crippen molar-refractivity contribution in [1.82, 2.24) is 0 Å². The molecule has 0 radical (unpaired) electrons. The van der Waals surface area contributed by atoms with Gasteiger partial charge in [0.1, 0.15) is 5.75 Å². The number of phenolic OH excluding ortho intramolecular Hbond substituents is 1. The van der Waals surface area contributed by atoms with E-state index in [2.05, 4.69) is 18.7 Å². The maximum absolute atomic E-state index is 9.51. The third-order valence-electron chi connectivity index (χ3n) is 2.15. The molecule has 1 aliphatic carbocycles. The molecule has 1 aliphatic rings.